The number of carbonyl (C=O) groups is 2. The number of nitrogens with two attached hydrogens (primary N) is 1. The van der Waals surface area contributed by atoms with Gasteiger partial charge in [0, 0.05) is 6.54 Å². The van der Waals surface area contributed by atoms with Crippen LogP contribution in [0.4, 0.5) is 4.39 Å². The van der Waals surface area contributed by atoms with Gasteiger partial charge in [0.05, 0.1) is 17.7 Å². The van der Waals surface area contributed by atoms with E-state index in [-0.39, 0.29) is 18.3 Å². The minimum atomic E-state index is -0.568. The molecule has 5 nitrogen and oxygen atoms in total. The molecule has 116 valence electrons. The van der Waals surface area contributed by atoms with Crippen molar-refractivity contribution in [3.63, 3.8) is 0 Å². The summed E-state index contributed by atoms with van der Waals surface area (Å²) in [6.07, 6.45) is 1.76. The Bertz CT molecular complexity index is 664. The van der Waals surface area contributed by atoms with Gasteiger partial charge >= 0.3 is 0 Å². The van der Waals surface area contributed by atoms with Crippen molar-refractivity contribution in [2.75, 3.05) is 6.54 Å². The average molecular weight is 304 g/mol. The van der Waals surface area contributed by atoms with E-state index in [1.54, 1.807) is 25.1 Å². The summed E-state index contributed by atoms with van der Waals surface area (Å²) < 4.78 is 17.9. The summed E-state index contributed by atoms with van der Waals surface area (Å²) in [4.78, 5) is 23.5. The highest BCUT2D eigenvalue weighted by molar-refractivity contribution is 5.95. The van der Waals surface area contributed by atoms with Gasteiger partial charge in [0.15, 0.2) is 0 Å². The van der Waals surface area contributed by atoms with E-state index < -0.39 is 11.8 Å². The fraction of sp³-hybridized carbons (Fsp3) is 0.250. The SMILES string of the molecule is Cc1occc1C(=O)NCC(Cc1ccc(F)cc1)C(N)=O. The Hall–Kier alpha value is -2.63. The largest absolute Gasteiger partial charge is 0.469 e. The van der Waals surface area contributed by atoms with Gasteiger partial charge in [-0.2, -0.15) is 0 Å². The third-order valence-corrected chi connectivity index (χ3v) is 3.41. The zero-order valence-corrected chi connectivity index (χ0v) is 12.1. The molecule has 0 radical (unpaired) electrons. The molecule has 22 heavy (non-hydrogen) atoms. The molecule has 1 aromatic heterocycles. The van der Waals surface area contributed by atoms with Crippen molar-refractivity contribution in [3.05, 3.63) is 59.3 Å². The maximum absolute atomic E-state index is 12.9. The van der Waals surface area contributed by atoms with Crippen molar-refractivity contribution < 1.29 is 18.4 Å². The van der Waals surface area contributed by atoms with Crippen LogP contribution in [0.15, 0.2) is 41.0 Å². The first-order valence-corrected chi connectivity index (χ1v) is 6.83. The lowest BCUT2D eigenvalue weighted by Crippen LogP contribution is -2.37. The summed E-state index contributed by atoms with van der Waals surface area (Å²) in [7, 11) is 0. The van der Waals surface area contributed by atoms with Gasteiger partial charge < -0.3 is 15.5 Å². The summed E-state index contributed by atoms with van der Waals surface area (Å²) in [5.74, 6) is -1.25. The molecule has 0 aliphatic carbocycles. The molecule has 0 saturated carbocycles. The molecule has 0 spiro atoms. The number of benzene rings is 1. The standard InChI is InChI=1S/C16H17FN2O3/c1-10-14(6-7-22-10)16(21)19-9-12(15(18)20)8-11-2-4-13(17)5-3-11/h2-7,12H,8-9H2,1H3,(H2,18,20)(H,19,21). The van der Waals surface area contributed by atoms with Gasteiger partial charge in [-0.15, -0.1) is 0 Å². The van der Waals surface area contributed by atoms with Gasteiger partial charge in [-0.05, 0) is 37.1 Å². The van der Waals surface area contributed by atoms with E-state index in [1.807, 2.05) is 0 Å². The quantitative estimate of drug-likeness (QED) is 0.853. The first-order valence-electron chi connectivity index (χ1n) is 6.83. The Labute approximate surface area is 127 Å². The van der Waals surface area contributed by atoms with Crippen LogP contribution in [0, 0.1) is 18.7 Å². The van der Waals surface area contributed by atoms with Crippen molar-refractivity contribution >= 4 is 11.8 Å². The molecule has 1 unspecified atom stereocenters. The van der Waals surface area contributed by atoms with Gasteiger partial charge in [0.25, 0.3) is 5.91 Å². The Kier molecular flexibility index (Phi) is 4.93. The first kappa shape index (κ1) is 15.8. The van der Waals surface area contributed by atoms with E-state index in [9.17, 15) is 14.0 Å². The molecule has 0 bridgehead atoms. The predicted octanol–water partition coefficient (Wildman–Crippen LogP) is 1.80. The van der Waals surface area contributed by atoms with Crippen molar-refractivity contribution in [1.29, 1.82) is 0 Å². The number of rotatable bonds is 6. The fourth-order valence-corrected chi connectivity index (χ4v) is 2.11. The number of hydrogen-bond acceptors (Lipinski definition) is 3. The maximum atomic E-state index is 12.9. The Balaban J connectivity index is 1.97. The number of aryl methyl sites for hydroxylation is 1. The van der Waals surface area contributed by atoms with Crippen LogP contribution in [0.5, 0.6) is 0 Å². The molecule has 2 amide bonds. The minimum Gasteiger partial charge on any atom is -0.469 e. The van der Waals surface area contributed by atoms with Crippen LogP contribution in [-0.4, -0.2) is 18.4 Å². The second kappa shape index (κ2) is 6.89. The second-order valence-electron chi connectivity index (χ2n) is 5.03. The van der Waals surface area contributed by atoms with E-state index in [1.165, 1.54) is 18.4 Å². The third-order valence-electron chi connectivity index (χ3n) is 3.41. The molecule has 0 saturated heterocycles. The number of amides is 2. The van der Waals surface area contributed by atoms with Gasteiger partial charge in [-0.25, -0.2) is 4.39 Å². The number of carbonyl (C=O) groups excluding carboxylic acids is 2. The first-order chi connectivity index (χ1) is 10.5. The molecule has 0 fully saturated rings. The average Bonchev–Trinajstić information content (AvgIpc) is 2.91. The molecule has 1 atom stereocenters. The topological polar surface area (TPSA) is 85.3 Å². The molecular weight excluding hydrogens is 287 g/mol. The Morgan fingerprint density at radius 2 is 1.95 bits per heavy atom. The molecule has 0 aliphatic heterocycles. The summed E-state index contributed by atoms with van der Waals surface area (Å²) in [6.45, 7) is 1.79. The van der Waals surface area contributed by atoms with Gasteiger partial charge in [-0.3, -0.25) is 9.59 Å². The Morgan fingerprint density at radius 3 is 2.50 bits per heavy atom. The number of nitrogens with one attached hydrogen (secondary N) is 1. The lowest BCUT2D eigenvalue weighted by atomic mass is 9.98. The number of halogens is 1. The molecule has 6 heteroatoms. The van der Waals surface area contributed by atoms with Crippen LogP contribution in [0.3, 0.4) is 0 Å². The molecule has 2 aromatic rings. The van der Waals surface area contributed by atoms with Crippen LogP contribution in [0.25, 0.3) is 0 Å². The lowest BCUT2D eigenvalue weighted by Gasteiger charge is -2.14. The smallest absolute Gasteiger partial charge is 0.254 e. The van der Waals surface area contributed by atoms with Crippen LogP contribution in [0.1, 0.15) is 21.7 Å². The van der Waals surface area contributed by atoms with Crippen LogP contribution >= 0.6 is 0 Å². The third kappa shape index (κ3) is 3.94. The van der Waals surface area contributed by atoms with Gasteiger partial charge in [0.2, 0.25) is 5.91 Å². The summed E-state index contributed by atoms with van der Waals surface area (Å²) in [6, 6.07) is 7.38. The van der Waals surface area contributed by atoms with Crippen LogP contribution < -0.4 is 11.1 Å². The molecular formula is C16H17FN2O3. The van der Waals surface area contributed by atoms with Crippen LogP contribution in [0.2, 0.25) is 0 Å². The highest BCUT2D eigenvalue weighted by atomic mass is 19.1. The fourth-order valence-electron chi connectivity index (χ4n) is 2.11. The van der Waals surface area contributed by atoms with E-state index in [2.05, 4.69) is 5.32 Å². The van der Waals surface area contributed by atoms with E-state index in [0.29, 0.717) is 17.7 Å². The minimum absolute atomic E-state index is 0.107. The van der Waals surface area contributed by atoms with Crippen LogP contribution in [-0.2, 0) is 11.2 Å². The molecule has 1 aromatic carbocycles. The zero-order valence-electron chi connectivity index (χ0n) is 12.1. The van der Waals surface area contributed by atoms with Gasteiger partial charge in [-0.1, -0.05) is 12.1 Å². The summed E-state index contributed by atoms with van der Waals surface area (Å²) in [5, 5.41) is 2.67. The molecule has 2 rings (SSSR count). The van der Waals surface area contributed by atoms with Gasteiger partial charge in [0.1, 0.15) is 11.6 Å². The summed E-state index contributed by atoms with van der Waals surface area (Å²) in [5.41, 5.74) is 6.56. The molecule has 0 aliphatic rings. The van der Waals surface area contributed by atoms with E-state index >= 15 is 0 Å². The van der Waals surface area contributed by atoms with E-state index in [0.717, 1.165) is 5.56 Å². The number of furan rings is 1. The number of primary amides is 1. The lowest BCUT2D eigenvalue weighted by molar-refractivity contribution is -0.121. The highest BCUT2D eigenvalue weighted by Gasteiger charge is 2.19. The van der Waals surface area contributed by atoms with Crippen molar-refractivity contribution in [2.45, 2.75) is 13.3 Å². The van der Waals surface area contributed by atoms with Crippen molar-refractivity contribution in [2.24, 2.45) is 11.7 Å². The molecule has 1 heterocycles. The Morgan fingerprint density at radius 1 is 1.27 bits per heavy atom. The highest BCUT2D eigenvalue weighted by Crippen LogP contribution is 2.11. The monoisotopic (exact) mass is 304 g/mol. The zero-order chi connectivity index (χ0) is 16.1. The predicted molar refractivity (Wildman–Crippen MR) is 78.6 cm³/mol. The van der Waals surface area contributed by atoms with Crippen molar-refractivity contribution in [1.82, 2.24) is 5.32 Å². The van der Waals surface area contributed by atoms with E-state index in [4.69, 9.17) is 10.2 Å². The normalized spacial score (nSPS) is 11.9. The summed E-state index contributed by atoms with van der Waals surface area (Å²) >= 11 is 0. The maximum Gasteiger partial charge on any atom is 0.254 e. The number of hydrogen-bond donors (Lipinski definition) is 2. The second-order valence-corrected chi connectivity index (χ2v) is 5.03. The van der Waals surface area contributed by atoms with Crippen molar-refractivity contribution in [3.8, 4) is 0 Å². The molecule has 3 N–H and O–H groups in total.